The molecular formula is C12H11ClN2O3. The predicted octanol–water partition coefficient (Wildman–Crippen LogP) is 2.60. The molecule has 5 nitrogen and oxygen atoms in total. The molecule has 0 saturated carbocycles. The van der Waals surface area contributed by atoms with Gasteiger partial charge in [0, 0.05) is 17.5 Å². The monoisotopic (exact) mass is 266 g/mol. The van der Waals surface area contributed by atoms with E-state index in [1.54, 1.807) is 12.1 Å². The number of benzene rings is 1. The number of aromatic hydroxyl groups is 1. The van der Waals surface area contributed by atoms with Crippen molar-refractivity contribution >= 4 is 11.6 Å². The van der Waals surface area contributed by atoms with E-state index in [4.69, 9.17) is 20.9 Å². The summed E-state index contributed by atoms with van der Waals surface area (Å²) in [5, 5.41) is 14.2. The number of aromatic nitrogens is 2. The summed E-state index contributed by atoms with van der Waals surface area (Å²) in [5.74, 6) is 1.12. The van der Waals surface area contributed by atoms with Crippen molar-refractivity contribution in [3.05, 3.63) is 29.0 Å². The van der Waals surface area contributed by atoms with Gasteiger partial charge in [-0.3, -0.25) is 0 Å². The first kappa shape index (κ1) is 11.5. The predicted molar refractivity (Wildman–Crippen MR) is 64.6 cm³/mol. The van der Waals surface area contributed by atoms with Crippen LogP contribution in [0.3, 0.4) is 0 Å². The largest absolute Gasteiger partial charge is 0.507 e. The molecule has 1 N–H and O–H groups in total. The Morgan fingerprint density at radius 1 is 1.39 bits per heavy atom. The summed E-state index contributed by atoms with van der Waals surface area (Å²) in [6.45, 7) is 1.33. The van der Waals surface area contributed by atoms with Crippen molar-refractivity contribution in [2.45, 2.75) is 12.3 Å². The highest BCUT2D eigenvalue weighted by molar-refractivity contribution is 6.30. The molecule has 1 aliphatic rings. The van der Waals surface area contributed by atoms with Gasteiger partial charge in [-0.2, -0.15) is 4.98 Å². The molecule has 1 fully saturated rings. The zero-order valence-corrected chi connectivity index (χ0v) is 10.2. The van der Waals surface area contributed by atoms with Crippen LogP contribution in [0.5, 0.6) is 5.75 Å². The second-order valence-corrected chi connectivity index (χ2v) is 4.62. The molecule has 0 radical (unpaired) electrons. The van der Waals surface area contributed by atoms with Crippen molar-refractivity contribution in [2.75, 3.05) is 13.2 Å². The average Bonchev–Trinajstić information content (AvgIpc) is 3.00. The first-order valence-corrected chi connectivity index (χ1v) is 6.02. The smallest absolute Gasteiger partial charge is 0.261 e. The highest BCUT2D eigenvalue weighted by Crippen LogP contribution is 2.32. The molecule has 18 heavy (non-hydrogen) atoms. The molecule has 3 rings (SSSR count). The fourth-order valence-electron chi connectivity index (χ4n) is 1.93. The molecule has 0 amide bonds. The van der Waals surface area contributed by atoms with Crippen molar-refractivity contribution in [1.82, 2.24) is 10.1 Å². The van der Waals surface area contributed by atoms with Gasteiger partial charge in [-0.25, -0.2) is 0 Å². The van der Waals surface area contributed by atoms with E-state index < -0.39 is 0 Å². The first-order valence-electron chi connectivity index (χ1n) is 5.64. The number of halogens is 1. The number of phenolic OH excluding ortho intramolecular Hbond substituents is 1. The Balaban J connectivity index is 1.94. The second kappa shape index (κ2) is 4.59. The zero-order chi connectivity index (χ0) is 12.5. The summed E-state index contributed by atoms with van der Waals surface area (Å²) < 4.78 is 10.4. The summed E-state index contributed by atoms with van der Waals surface area (Å²) >= 11 is 5.88. The van der Waals surface area contributed by atoms with Crippen molar-refractivity contribution in [1.29, 1.82) is 0 Å². The third-order valence-corrected chi connectivity index (χ3v) is 3.16. The van der Waals surface area contributed by atoms with E-state index in [1.807, 2.05) is 0 Å². The van der Waals surface area contributed by atoms with Crippen molar-refractivity contribution in [2.24, 2.45) is 0 Å². The van der Waals surface area contributed by atoms with E-state index in [9.17, 15) is 5.11 Å². The highest BCUT2D eigenvalue weighted by atomic mass is 35.5. The Morgan fingerprint density at radius 3 is 3.06 bits per heavy atom. The second-order valence-electron chi connectivity index (χ2n) is 4.18. The molecule has 1 aliphatic heterocycles. The molecule has 1 unspecified atom stereocenters. The van der Waals surface area contributed by atoms with Crippen LogP contribution in [-0.2, 0) is 4.74 Å². The van der Waals surface area contributed by atoms with Gasteiger partial charge in [0.15, 0.2) is 5.82 Å². The molecule has 1 aromatic heterocycles. The van der Waals surface area contributed by atoms with Crippen LogP contribution in [0.15, 0.2) is 22.7 Å². The number of nitrogens with zero attached hydrogens (tertiary/aromatic N) is 2. The van der Waals surface area contributed by atoms with E-state index in [0.717, 1.165) is 13.0 Å². The van der Waals surface area contributed by atoms with Crippen molar-refractivity contribution in [3.63, 3.8) is 0 Å². The maximum Gasteiger partial charge on any atom is 0.261 e. The number of phenols is 1. The lowest BCUT2D eigenvalue weighted by atomic mass is 10.1. The molecule has 0 bridgehead atoms. The van der Waals surface area contributed by atoms with E-state index in [0.29, 0.717) is 23.0 Å². The maximum absolute atomic E-state index is 9.75. The molecule has 6 heteroatoms. The van der Waals surface area contributed by atoms with Crippen LogP contribution >= 0.6 is 11.6 Å². The molecule has 1 saturated heterocycles. The van der Waals surface area contributed by atoms with Gasteiger partial charge >= 0.3 is 0 Å². The fourth-order valence-corrected chi connectivity index (χ4v) is 2.10. The molecular weight excluding hydrogens is 256 g/mol. The standard InChI is InChI=1S/C12H11ClN2O3/c13-8-1-2-10(16)9(5-8)12-14-11(15-18-12)7-3-4-17-6-7/h1-2,5,7,16H,3-4,6H2. The number of hydrogen-bond acceptors (Lipinski definition) is 5. The minimum atomic E-state index is 0.0669. The van der Waals surface area contributed by atoms with Crippen molar-refractivity contribution < 1.29 is 14.4 Å². The summed E-state index contributed by atoms with van der Waals surface area (Å²) in [4.78, 5) is 4.29. The van der Waals surface area contributed by atoms with Gasteiger partial charge in [0.1, 0.15) is 5.75 Å². The Labute approximate surface area is 108 Å². The van der Waals surface area contributed by atoms with Crippen LogP contribution in [0.4, 0.5) is 0 Å². The lowest BCUT2D eigenvalue weighted by Crippen LogP contribution is -1.99. The Morgan fingerprint density at radius 2 is 2.28 bits per heavy atom. The fraction of sp³-hybridized carbons (Fsp3) is 0.333. The van der Waals surface area contributed by atoms with Crippen molar-refractivity contribution in [3.8, 4) is 17.2 Å². The topological polar surface area (TPSA) is 68.4 Å². The molecule has 94 valence electrons. The van der Waals surface area contributed by atoms with Crippen LogP contribution in [-0.4, -0.2) is 28.5 Å². The van der Waals surface area contributed by atoms with Gasteiger partial charge in [-0.15, -0.1) is 0 Å². The third kappa shape index (κ3) is 2.07. The van der Waals surface area contributed by atoms with Crippen LogP contribution in [0, 0.1) is 0 Å². The summed E-state index contributed by atoms with van der Waals surface area (Å²) in [6.07, 6.45) is 0.889. The Hall–Kier alpha value is -1.59. The molecule has 0 aliphatic carbocycles. The van der Waals surface area contributed by atoms with Crippen LogP contribution in [0.2, 0.25) is 5.02 Å². The normalized spacial score (nSPS) is 19.3. The summed E-state index contributed by atoms with van der Waals surface area (Å²) in [6, 6.07) is 4.70. The van der Waals surface area contributed by atoms with Gasteiger partial charge in [-0.05, 0) is 24.6 Å². The van der Waals surface area contributed by atoms with Gasteiger partial charge in [0.25, 0.3) is 5.89 Å². The van der Waals surface area contributed by atoms with Gasteiger partial charge < -0.3 is 14.4 Å². The third-order valence-electron chi connectivity index (χ3n) is 2.93. The molecule has 0 spiro atoms. The molecule has 1 aromatic carbocycles. The SMILES string of the molecule is Oc1ccc(Cl)cc1-c1nc(C2CCOC2)no1. The van der Waals surface area contributed by atoms with Crippen LogP contribution in [0.25, 0.3) is 11.5 Å². The van der Waals surface area contributed by atoms with Crippen LogP contribution < -0.4 is 0 Å². The van der Waals surface area contributed by atoms with E-state index in [1.165, 1.54) is 6.07 Å². The summed E-state index contributed by atoms with van der Waals surface area (Å²) in [7, 11) is 0. The van der Waals surface area contributed by atoms with E-state index >= 15 is 0 Å². The maximum atomic E-state index is 9.75. The minimum Gasteiger partial charge on any atom is -0.507 e. The number of rotatable bonds is 2. The van der Waals surface area contributed by atoms with Crippen LogP contribution in [0.1, 0.15) is 18.2 Å². The molecule has 2 aromatic rings. The van der Waals surface area contributed by atoms with Gasteiger partial charge in [0.2, 0.25) is 0 Å². The number of ether oxygens (including phenoxy) is 1. The summed E-state index contributed by atoms with van der Waals surface area (Å²) in [5.41, 5.74) is 0.445. The molecule has 2 heterocycles. The van der Waals surface area contributed by atoms with Gasteiger partial charge in [0.05, 0.1) is 12.2 Å². The van der Waals surface area contributed by atoms with E-state index in [2.05, 4.69) is 10.1 Å². The highest BCUT2D eigenvalue weighted by Gasteiger charge is 2.24. The lowest BCUT2D eigenvalue weighted by Gasteiger charge is -2.00. The lowest BCUT2D eigenvalue weighted by molar-refractivity contribution is 0.192. The quantitative estimate of drug-likeness (QED) is 0.905. The minimum absolute atomic E-state index is 0.0669. The zero-order valence-electron chi connectivity index (χ0n) is 9.47. The average molecular weight is 267 g/mol. The number of hydrogen-bond donors (Lipinski definition) is 1. The van der Waals surface area contributed by atoms with Gasteiger partial charge in [-0.1, -0.05) is 16.8 Å². The van der Waals surface area contributed by atoms with E-state index in [-0.39, 0.29) is 17.6 Å². The first-order chi connectivity index (χ1) is 8.74. The molecule has 1 atom stereocenters. The Kier molecular flexibility index (Phi) is 2.93. The Bertz CT molecular complexity index is 564.